The van der Waals surface area contributed by atoms with E-state index < -0.39 is 5.41 Å². The molecule has 0 unspecified atom stereocenters. The highest BCUT2D eigenvalue weighted by Crippen LogP contribution is 2.23. The molecule has 0 aliphatic carbocycles. The fourth-order valence-corrected chi connectivity index (χ4v) is 2.87. The molecule has 0 bridgehead atoms. The van der Waals surface area contributed by atoms with E-state index in [1.165, 1.54) is 0 Å². The van der Waals surface area contributed by atoms with Gasteiger partial charge in [0.25, 0.3) is 0 Å². The number of ether oxygens (including phenoxy) is 1. The molecular weight excluding hydrogens is 352 g/mol. The molecule has 0 saturated carbocycles. The Kier molecular flexibility index (Phi) is 7.21. The first-order valence-corrected chi connectivity index (χ1v) is 9.52. The number of hydrogen-bond donors (Lipinski definition) is 1. The third kappa shape index (κ3) is 5.35. The van der Waals surface area contributed by atoms with Crippen LogP contribution in [0.3, 0.4) is 0 Å². The molecule has 28 heavy (non-hydrogen) atoms. The van der Waals surface area contributed by atoms with E-state index >= 15 is 0 Å². The molecule has 2 aromatic carbocycles. The van der Waals surface area contributed by atoms with E-state index in [1.54, 1.807) is 25.9 Å². The first kappa shape index (κ1) is 21.5. The van der Waals surface area contributed by atoms with E-state index in [2.05, 4.69) is 5.32 Å². The van der Waals surface area contributed by atoms with Gasteiger partial charge in [0.1, 0.15) is 11.2 Å². The van der Waals surface area contributed by atoms with E-state index in [4.69, 9.17) is 4.74 Å². The highest BCUT2D eigenvalue weighted by atomic mass is 16.5. The lowest BCUT2D eigenvalue weighted by Crippen LogP contribution is -2.51. The zero-order valence-electron chi connectivity index (χ0n) is 17.4. The molecule has 0 spiro atoms. The molecule has 0 fully saturated rings. The molecule has 0 aromatic heterocycles. The van der Waals surface area contributed by atoms with E-state index in [1.807, 2.05) is 68.4 Å². The van der Waals surface area contributed by atoms with Crippen LogP contribution in [0.25, 0.3) is 0 Å². The van der Waals surface area contributed by atoms with Crippen molar-refractivity contribution >= 4 is 11.8 Å². The van der Waals surface area contributed by atoms with Crippen molar-refractivity contribution in [2.75, 3.05) is 7.11 Å². The molecule has 2 amide bonds. The third-order valence-corrected chi connectivity index (χ3v) is 4.79. The summed E-state index contributed by atoms with van der Waals surface area (Å²) in [5, 5.41) is 2.89. The minimum Gasteiger partial charge on any atom is -0.497 e. The van der Waals surface area contributed by atoms with Crippen LogP contribution in [0.15, 0.2) is 54.6 Å². The van der Waals surface area contributed by atoms with Gasteiger partial charge in [0, 0.05) is 19.1 Å². The van der Waals surface area contributed by atoms with Crippen molar-refractivity contribution in [1.82, 2.24) is 10.2 Å². The van der Waals surface area contributed by atoms with Gasteiger partial charge >= 0.3 is 0 Å². The Hall–Kier alpha value is -2.82. The number of benzene rings is 2. The van der Waals surface area contributed by atoms with Gasteiger partial charge in [-0.2, -0.15) is 0 Å². The molecule has 5 nitrogen and oxygen atoms in total. The van der Waals surface area contributed by atoms with Gasteiger partial charge in [0.05, 0.1) is 7.11 Å². The maximum Gasteiger partial charge on any atom is 0.238 e. The number of nitrogens with zero attached hydrogens (tertiary/aromatic N) is 1. The van der Waals surface area contributed by atoms with Crippen LogP contribution in [0.5, 0.6) is 5.75 Å². The molecule has 0 aliphatic heterocycles. The Morgan fingerprint density at radius 1 is 1.00 bits per heavy atom. The average molecular weight is 383 g/mol. The normalized spacial score (nSPS) is 11.2. The smallest absolute Gasteiger partial charge is 0.238 e. The van der Waals surface area contributed by atoms with Gasteiger partial charge in [0.2, 0.25) is 11.8 Å². The molecule has 2 aromatic rings. The lowest BCUT2D eigenvalue weighted by molar-refractivity contribution is -0.150. The molecule has 150 valence electrons. The highest BCUT2D eigenvalue weighted by molar-refractivity contribution is 6.04. The van der Waals surface area contributed by atoms with Gasteiger partial charge < -0.3 is 15.0 Å². The van der Waals surface area contributed by atoms with Crippen molar-refractivity contribution in [2.45, 2.75) is 46.8 Å². The summed E-state index contributed by atoms with van der Waals surface area (Å²) in [5.41, 5.74) is 0.826. The van der Waals surface area contributed by atoms with Crippen LogP contribution < -0.4 is 10.1 Å². The zero-order chi connectivity index (χ0) is 20.7. The van der Waals surface area contributed by atoms with Crippen LogP contribution in [0.2, 0.25) is 0 Å². The fraction of sp³-hybridized carbons (Fsp3) is 0.391. The predicted molar refractivity (Wildman–Crippen MR) is 111 cm³/mol. The Labute approximate surface area is 167 Å². The summed E-state index contributed by atoms with van der Waals surface area (Å²) in [5.74, 6) is 0.296. The van der Waals surface area contributed by atoms with Gasteiger partial charge in [-0.25, -0.2) is 0 Å². The molecule has 2 rings (SSSR count). The summed E-state index contributed by atoms with van der Waals surface area (Å²) in [7, 11) is 1.61. The molecule has 1 N–H and O–H groups in total. The number of amides is 2. The van der Waals surface area contributed by atoms with E-state index in [0.29, 0.717) is 13.1 Å². The predicted octanol–water partition coefficient (Wildman–Crippen LogP) is 3.77. The molecule has 0 atom stereocenters. The summed E-state index contributed by atoms with van der Waals surface area (Å²) in [4.78, 5) is 27.7. The largest absolute Gasteiger partial charge is 0.497 e. The molecule has 0 radical (unpaired) electrons. The third-order valence-electron chi connectivity index (χ3n) is 4.79. The number of methoxy groups -OCH3 is 1. The summed E-state index contributed by atoms with van der Waals surface area (Å²) in [6.07, 6.45) is 0. The fourth-order valence-electron chi connectivity index (χ4n) is 2.87. The van der Waals surface area contributed by atoms with Gasteiger partial charge in [-0.15, -0.1) is 0 Å². The Bertz CT molecular complexity index is 783. The summed E-state index contributed by atoms with van der Waals surface area (Å²) in [6.45, 7) is 8.13. The maximum absolute atomic E-state index is 13.2. The van der Waals surface area contributed by atoms with Gasteiger partial charge in [-0.1, -0.05) is 42.5 Å². The molecule has 0 aliphatic rings. The number of nitrogens with one attached hydrogen (secondary N) is 1. The summed E-state index contributed by atoms with van der Waals surface area (Å²) < 4.78 is 5.14. The lowest BCUT2D eigenvalue weighted by atomic mass is 9.89. The number of carbonyl (C=O) groups is 2. The van der Waals surface area contributed by atoms with Crippen LogP contribution >= 0.6 is 0 Å². The molecule has 5 heteroatoms. The lowest BCUT2D eigenvalue weighted by Gasteiger charge is -2.34. The van der Waals surface area contributed by atoms with Crippen molar-refractivity contribution in [3.8, 4) is 5.75 Å². The van der Waals surface area contributed by atoms with Crippen molar-refractivity contribution in [1.29, 1.82) is 0 Å². The molecule has 0 saturated heterocycles. The number of rotatable bonds is 8. The monoisotopic (exact) mass is 382 g/mol. The van der Waals surface area contributed by atoms with Crippen molar-refractivity contribution in [3.05, 3.63) is 65.7 Å². The highest BCUT2D eigenvalue weighted by Gasteiger charge is 2.39. The van der Waals surface area contributed by atoms with Crippen molar-refractivity contribution in [3.63, 3.8) is 0 Å². The summed E-state index contributed by atoms with van der Waals surface area (Å²) in [6, 6.07) is 17.3. The Balaban J connectivity index is 2.06. The van der Waals surface area contributed by atoms with E-state index in [9.17, 15) is 9.59 Å². The zero-order valence-corrected chi connectivity index (χ0v) is 17.4. The first-order chi connectivity index (χ1) is 13.3. The van der Waals surface area contributed by atoms with Crippen LogP contribution in [0.4, 0.5) is 0 Å². The number of hydrogen-bond acceptors (Lipinski definition) is 3. The Morgan fingerprint density at radius 3 is 2.14 bits per heavy atom. The van der Waals surface area contributed by atoms with Crippen molar-refractivity contribution < 1.29 is 14.3 Å². The standard InChI is InChI=1S/C23H30N2O3/c1-17(2)25(16-19-9-7-6-8-10-19)22(27)23(3,4)21(26)24-15-18-11-13-20(28-5)14-12-18/h6-14,17H,15-16H2,1-5H3,(H,24,26). The Morgan fingerprint density at radius 2 is 1.61 bits per heavy atom. The summed E-state index contributed by atoms with van der Waals surface area (Å²) >= 11 is 0. The second-order valence-electron chi connectivity index (χ2n) is 7.67. The first-order valence-electron chi connectivity index (χ1n) is 9.52. The second-order valence-corrected chi connectivity index (χ2v) is 7.67. The van der Waals surface area contributed by atoms with Crippen LogP contribution in [-0.4, -0.2) is 29.9 Å². The van der Waals surface area contributed by atoms with E-state index in [0.717, 1.165) is 16.9 Å². The molecular formula is C23H30N2O3. The quantitative estimate of drug-likeness (QED) is 0.707. The average Bonchev–Trinajstić information content (AvgIpc) is 2.70. The molecule has 0 heterocycles. The minimum atomic E-state index is -1.16. The van der Waals surface area contributed by atoms with Gasteiger partial charge in [-0.3, -0.25) is 9.59 Å². The van der Waals surface area contributed by atoms with Crippen molar-refractivity contribution in [2.24, 2.45) is 5.41 Å². The maximum atomic E-state index is 13.2. The number of carbonyl (C=O) groups excluding carboxylic acids is 2. The SMILES string of the molecule is COc1ccc(CNC(=O)C(C)(C)C(=O)N(Cc2ccccc2)C(C)C)cc1. The van der Waals surface area contributed by atoms with E-state index in [-0.39, 0.29) is 17.9 Å². The van der Waals surface area contributed by atoms with Crippen LogP contribution in [0, 0.1) is 5.41 Å². The van der Waals surface area contributed by atoms with Crippen LogP contribution in [-0.2, 0) is 22.7 Å². The second kappa shape index (κ2) is 9.40. The topological polar surface area (TPSA) is 58.6 Å². The van der Waals surface area contributed by atoms with Gasteiger partial charge in [0.15, 0.2) is 0 Å². The minimum absolute atomic E-state index is 0.0126. The van der Waals surface area contributed by atoms with Crippen LogP contribution in [0.1, 0.15) is 38.8 Å². The van der Waals surface area contributed by atoms with Gasteiger partial charge in [-0.05, 0) is 51.0 Å².